The fourth-order valence-electron chi connectivity index (χ4n) is 3.17. The van der Waals surface area contributed by atoms with Crippen LogP contribution in [0.5, 0.6) is 11.5 Å². The summed E-state index contributed by atoms with van der Waals surface area (Å²) in [5.41, 5.74) is 0.0653. The number of nitrogens with one attached hydrogen (secondary N) is 2. The van der Waals surface area contributed by atoms with Gasteiger partial charge in [0.05, 0.1) is 9.82 Å². The van der Waals surface area contributed by atoms with Gasteiger partial charge in [0.15, 0.2) is 0 Å². The molecule has 10 heteroatoms. The van der Waals surface area contributed by atoms with Crippen LogP contribution in [0.25, 0.3) is 0 Å². The minimum atomic E-state index is -4.01. The Morgan fingerprint density at radius 3 is 2.17 bits per heavy atom. The summed E-state index contributed by atoms with van der Waals surface area (Å²) in [6.07, 6.45) is 0. The van der Waals surface area contributed by atoms with Crippen LogP contribution in [0.2, 0.25) is 0 Å². The first-order valence-electron chi connectivity index (χ1n) is 10.3. The molecule has 4 aromatic rings. The number of anilines is 2. The molecule has 0 bridgehead atoms. The van der Waals surface area contributed by atoms with E-state index in [0.717, 1.165) is 0 Å². The maximum absolute atomic E-state index is 12.9. The van der Waals surface area contributed by atoms with Gasteiger partial charge in [-0.15, -0.1) is 0 Å². The topological polar surface area (TPSA) is 128 Å². The molecule has 0 aromatic heterocycles. The monoisotopic (exact) mass is 489 g/mol. The second-order valence-corrected chi connectivity index (χ2v) is 8.98. The second kappa shape index (κ2) is 10.1. The highest BCUT2D eigenvalue weighted by molar-refractivity contribution is 7.92. The highest BCUT2D eigenvalue weighted by Crippen LogP contribution is 2.26. The average Bonchev–Trinajstić information content (AvgIpc) is 2.86. The van der Waals surface area contributed by atoms with E-state index in [2.05, 4.69) is 10.0 Å². The molecule has 0 saturated carbocycles. The van der Waals surface area contributed by atoms with Gasteiger partial charge < -0.3 is 10.1 Å². The van der Waals surface area contributed by atoms with Crippen molar-refractivity contribution in [2.24, 2.45) is 0 Å². The van der Waals surface area contributed by atoms with E-state index < -0.39 is 20.9 Å². The first-order valence-corrected chi connectivity index (χ1v) is 11.8. The lowest BCUT2D eigenvalue weighted by Gasteiger charge is -2.11. The van der Waals surface area contributed by atoms with Crippen LogP contribution in [0, 0.1) is 10.1 Å². The number of hydrogen-bond donors (Lipinski definition) is 2. The van der Waals surface area contributed by atoms with Crippen molar-refractivity contribution in [2.45, 2.75) is 4.90 Å². The number of para-hydroxylation sites is 3. The molecule has 0 aliphatic heterocycles. The van der Waals surface area contributed by atoms with E-state index in [0.29, 0.717) is 17.2 Å². The van der Waals surface area contributed by atoms with E-state index in [9.17, 15) is 23.3 Å². The summed E-state index contributed by atoms with van der Waals surface area (Å²) in [5.74, 6) is 0.503. The number of sulfonamides is 1. The minimum absolute atomic E-state index is 0.00620. The van der Waals surface area contributed by atoms with Crippen LogP contribution >= 0.6 is 0 Å². The van der Waals surface area contributed by atoms with Crippen molar-refractivity contribution in [1.29, 1.82) is 0 Å². The molecule has 4 rings (SSSR count). The van der Waals surface area contributed by atoms with Gasteiger partial charge in [0, 0.05) is 17.3 Å². The molecular formula is C25H19N3O6S. The van der Waals surface area contributed by atoms with E-state index in [1.807, 2.05) is 18.2 Å². The van der Waals surface area contributed by atoms with Gasteiger partial charge >= 0.3 is 0 Å². The predicted octanol–water partition coefficient (Wildman–Crippen LogP) is 5.44. The van der Waals surface area contributed by atoms with E-state index in [-0.39, 0.29) is 21.8 Å². The highest BCUT2D eigenvalue weighted by Gasteiger charge is 2.19. The number of amides is 1. The van der Waals surface area contributed by atoms with Gasteiger partial charge in [-0.2, -0.15) is 0 Å². The zero-order chi connectivity index (χ0) is 24.8. The van der Waals surface area contributed by atoms with Crippen molar-refractivity contribution < 1.29 is 22.9 Å². The minimum Gasteiger partial charge on any atom is -0.457 e. The number of hydrogen-bond acceptors (Lipinski definition) is 6. The normalized spacial score (nSPS) is 10.9. The quantitative estimate of drug-likeness (QED) is 0.251. The summed E-state index contributed by atoms with van der Waals surface area (Å²) in [6, 6.07) is 26.6. The first kappa shape index (κ1) is 23.5. The van der Waals surface area contributed by atoms with Gasteiger partial charge in [0.1, 0.15) is 17.2 Å². The lowest BCUT2D eigenvalue weighted by atomic mass is 10.2. The smallest absolute Gasteiger partial charge is 0.292 e. The molecule has 0 unspecified atom stereocenters. The third kappa shape index (κ3) is 5.81. The summed E-state index contributed by atoms with van der Waals surface area (Å²) in [6.45, 7) is 0. The Hall–Kier alpha value is -4.70. The molecule has 35 heavy (non-hydrogen) atoms. The summed E-state index contributed by atoms with van der Waals surface area (Å²) in [4.78, 5) is 23.1. The number of rotatable bonds is 8. The molecule has 0 radical (unpaired) electrons. The summed E-state index contributed by atoms with van der Waals surface area (Å²) in [7, 11) is -4.01. The van der Waals surface area contributed by atoms with Crippen LogP contribution in [0.3, 0.4) is 0 Å². The largest absolute Gasteiger partial charge is 0.457 e. The number of carbonyl (C=O) groups is 1. The predicted molar refractivity (Wildman–Crippen MR) is 131 cm³/mol. The lowest BCUT2D eigenvalue weighted by molar-refractivity contribution is -0.383. The maximum atomic E-state index is 12.9. The van der Waals surface area contributed by atoms with Gasteiger partial charge in [-0.3, -0.25) is 19.6 Å². The van der Waals surface area contributed by atoms with Gasteiger partial charge in [0.2, 0.25) is 0 Å². The standard InChI is InChI=1S/C25H19N3O6S/c29-25(26-23-11-4-5-12-24(23)28(30)31)18-7-6-10-22(17-18)35(32,33)27-19-13-15-21(16-14-19)34-20-8-2-1-3-9-20/h1-17,27H,(H,26,29). The Labute approximate surface area is 201 Å². The molecule has 0 heterocycles. The summed E-state index contributed by atoms with van der Waals surface area (Å²) < 4.78 is 33.9. The van der Waals surface area contributed by atoms with Crippen LogP contribution < -0.4 is 14.8 Å². The van der Waals surface area contributed by atoms with Crippen LogP contribution in [-0.2, 0) is 10.0 Å². The molecule has 0 aliphatic carbocycles. The Bertz CT molecular complexity index is 1470. The van der Waals surface area contributed by atoms with Crippen LogP contribution in [0.1, 0.15) is 10.4 Å². The highest BCUT2D eigenvalue weighted by atomic mass is 32.2. The van der Waals surface area contributed by atoms with Crippen molar-refractivity contribution in [2.75, 3.05) is 10.0 Å². The zero-order valence-electron chi connectivity index (χ0n) is 18.1. The Balaban J connectivity index is 1.48. The number of nitro benzene ring substituents is 1. The van der Waals surface area contributed by atoms with Crippen molar-refractivity contribution in [3.63, 3.8) is 0 Å². The number of nitro groups is 1. The first-order chi connectivity index (χ1) is 16.8. The Morgan fingerprint density at radius 1 is 0.800 bits per heavy atom. The number of benzene rings is 4. The molecule has 2 N–H and O–H groups in total. The SMILES string of the molecule is O=C(Nc1ccccc1[N+](=O)[O-])c1cccc(S(=O)(=O)Nc2ccc(Oc3ccccc3)cc2)c1. The molecule has 9 nitrogen and oxygen atoms in total. The van der Waals surface area contributed by atoms with E-state index in [4.69, 9.17) is 4.74 Å². The summed E-state index contributed by atoms with van der Waals surface area (Å²) in [5, 5.41) is 13.6. The van der Waals surface area contributed by atoms with Gasteiger partial charge in [-0.05, 0) is 60.7 Å². The van der Waals surface area contributed by atoms with Crippen LogP contribution in [-0.4, -0.2) is 19.2 Å². The third-order valence-corrected chi connectivity index (χ3v) is 6.22. The van der Waals surface area contributed by atoms with Crippen molar-refractivity contribution in [3.05, 3.63) is 119 Å². The van der Waals surface area contributed by atoms with Gasteiger partial charge in [0.25, 0.3) is 21.6 Å². The molecule has 176 valence electrons. The Morgan fingerprint density at radius 2 is 1.46 bits per heavy atom. The molecule has 4 aromatic carbocycles. The van der Waals surface area contributed by atoms with Crippen LogP contribution in [0.4, 0.5) is 17.1 Å². The number of ether oxygens (including phenoxy) is 1. The molecular weight excluding hydrogens is 470 g/mol. The van der Waals surface area contributed by atoms with Crippen LogP contribution in [0.15, 0.2) is 108 Å². The van der Waals surface area contributed by atoms with Crippen molar-refractivity contribution >= 4 is 33.0 Å². The van der Waals surface area contributed by atoms with Crippen molar-refractivity contribution in [1.82, 2.24) is 0 Å². The van der Waals surface area contributed by atoms with E-state index in [1.54, 1.807) is 42.5 Å². The number of carbonyl (C=O) groups excluding carboxylic acids is 1. The third-order valence-electron chi connectivity index (χ3n) is 4.84. The molecule has 0 saturated heterocycles. The fourth-order valence-corrected chi connectivity index (χ4v) is 4.27. The molecule has 0 spiro atoms. The lowest BCUT2D eigenvalue weighted by Crippen LogP contribution is -2.16. The molecule has 0 atom stereocenters. The summed E-state index contributed by atoms with van der Waals surface area (Å²) >= 11 is 0. The molecule has 0 fully saturated rings. The van der Waals surface area contributed by atoms with Gasteiger partial charge in [-0.1, -0.05) is 36.4 Å². The van der Waals surface area contributed by atoms with Crippen molar-refractivity contribution in [3.8, 4) is 11.5 Å². The van der Waals surface area contributed by atoms with Gasteiger partial charge in [-0.25, -0.2) is 8.42 Å². The van der Waals surface area contributed by atoms with E-state index >= 15 is 0 Å². The Kier molecular flexibility index (Phi) is 6.74. The average molecular weight is 490 g/mol. The maximum Gasteiger partial charge on any atom is 0.292 e. The molecule has 0 aliphatic rings. The second-order valence-electron chi connectivity index (χ2n) is 7.30. The fraction of sp³-hybridized carbons (Fsp3) is 0. The zero-order valence-corrected chi connectivity index (χ0v) is 18.9. The number of nitrogens with zero attached hydrogens (tertiary/aromatic N) is 1. The molecule has 1 amide bonds. The van der Waals surface area contributed by atoms with E-state index in [1.165, 1.54) is 42.5 Å².